The Hall–Kier alpha value is -2.14. The molecule has 0 spiro atoms. The maximum atomic E-state index is 12.4. The van der Waals surface area contributed by atoms with Crippen LogP contribution in [0.15, 0.2) is 59.1 Å². The van der Waals surface area contributed by atoms with E-state index in [1.807, 2.05) is 42.5 Å². The molecule has 24 heavy (non-hydrogen) atoms. The molecule has 2 amide bonds. The van der Waals surface area contributed by atoms with Crippen LogP contribution in [0, 0.1) is 5.92 Å². The minimum absolute atomic E-state index is 0.0539. The van der Waals surface area contributed by atoms with Gasteiger partial charge in [-0.1, -0.05) is 42.5 Å². The van der Waals surface area contributed by atoms with Crippen LogP contribution in [0.3, 0.4) is 0 Å². The molecule has 0 bridgehead atoms. The summed E-state index contributed by atoms with van der Waals surface area (Å²) < 4.78 is 0.837. The number of carbonyl (C=O) groups is 2. The average molecular weight is 387 g/mol. The zero-order valence-electron chi connectivity index (χ0n) is 13.2. The van der Waals surface area contributed by atoms with Crippen molar-refractivity contribution in [1.29, 1.82) is 0 Å². The molecule has 5 heteroatoms. The highest BCUT2D eigenvalue weighted by Crippen LogP contribution is 2.24. The summed E-state index contributed by atoms with van der Waals surface area (Å²) >= 11 is 3.42. The molecule has 1 saturated heterocycles. The lowest BCUT2D eigenvalue weighted by molar-refractivity contribution is -0.128. The molecule has 0 saturated carbocycles. The van der Waals surface area contributed by atoms with Gasteiger partial charge in [-0.15, -0.1) is 0 Å². The Morgan fingerprint density at radius 2 is 1.83 bits per heavy atom. The van der Waals surface area contributed by atoms with E-state index >= 15 is 0 Å². The van der Waals surface area contributed by atoms with Crippen LogP contribution in [0.4, 0.5) is 5.69 Å². The van der Waals surface area contributed by atoms with Crippen LogP contribution in [0.2, 0.25) is 0 Å². The van der Waals surface area contributed by atoms with Crippen LogP contribution in [0.5, 0.6) is 0 Å². The van der Waals surface area contributed by atoms with Crippen molar-refractivity contribution >= 4 is 33.4 Å². The Morgan fingerprint density at radius 1 is 1.12 bits per heavy atom. The maximum absolute atomic E-state index is 12.4. The predicted molar refractivity (Wildman–Crippen MR) is 97.6 cm³/mol. The number of rotatable bonds is 5. The van der Waals surface area contributed by atoms with E-state index in [0.29, 0.717) is 13.1 Å². The van der Waals surface area contributed by atoms with Crippen molar-refractivity contribution in [3.63, 3.8) is 0 Å². The number of hydrogen-bond acceptors (Lipinski definition) is 2. The highest BCUT2D eigenvalue weighted by molar-refractivity contribution is 9.10. The van der Waals surface area contributed by atoms with Crippen LogP contribution in [0.25, 0.3) is 0 Å². The van der Waals surface area contributed by atoms with Gasteiger partial charge in [0.15, 0.2) is 0 Å². The van der Waals surface area contributed by atoms with Crippen LogP contribution in [-0.4, -0.2) is 29.8 Å². The summed E-state index contributed by atoms with van der Waals surface area (Å²) in [4.78, 5) is 26.4. The van der Waals surface area contributed by atoms with Gasteiger partial charge in [-0.05, 0) is 40.0 Å². The number of halogens is 1. The molecule has 1 aliphatic heterocycles. The third-order valence-electron chi connectivity index (χ3n) is 4.23. The van der Waals surface area contributed by atoms with E-state index in [9.17, 15) is 9.59 Å². The molecular formula is C19H19BrN2O2. The molecule has 0 aromatic heterocycles. The summed E-state index contributed by atoms with van der Waals surface area (Å²) in [6.45, 7) is 1.14. The van der Waals surface area contributed by atoms with Crippen LogP contribution < -0.4 is 5.32 Å². The average Bonchev–Trinajstić information content (AvgIpc) is 2.97. The fourth-order valence-corrected chi connectivity index (χ4v) is 3.25. The van der Waals surface area contributed by atoms with E-state index in [1.165, 1.54) is 5.56 Å². The Balaban J connectivity index is 1.56. The van der Waals surface area contributed by atoms with Gasteiger partial charge in [0.25, 0.3) is 0 Å². The van der Waals surface area contributed by atoms with Gasteiger partial charge in [-0.25, -0.2) is 0 Å². The van der Waals surface area contributed by atoms with Gasteiger partial charge >= 0.3 is 0 Å². The summed E-state index contributed by atoms with van der Waals surface area (Å²) in [5.74, 6) is -0.337. The van der Waals surface area contributed by atoms with Gasteiger partial charge in [0.2, 0.25) is 11.8 Å². The van der Waals surface area contributed by atoms with Crippen molar-refractivity contribution in [3.8, 4) is 0 Å². The summed E-state index contributed by atoms with van der Waals surface area (Å²) in [6.07, 6.45) is 1.09. The van der Waals surface area contributed by atoms with Crippen molar-refractivity contribution in [2.45, 2.75) is 12.8 Å². The zero-order chi connectivity index (χ0) is 16.9. The fraction of sp³-hybridized carbons (Fsp3) is 0.263. The Morgan fingerprint density at radius 3 is 2.58 bits per heavy atom. The first-order valence-corrected chi connectivity index (χ1v) is 8.80. The SMILES string of the molecule is O=C(Nc1ccccc1Br)[C@@H]1CC(=O)N(CCc2ccccc2)C1. The molecule has 3 rings (SSSR count). The Bertz CT molecular complexity index is 733. The molecule has 1 aliphatic rings. The molecule has 2 aromatic carbocycles. The predicted octanol–water partition coefficient (Wildman–Crippen LogP) is 3.48. The first-order chi connectivity index (χ1) is 11.6. The molecule has 0 unspecified atom stereocenters. The van der Waals surface area contributed by atoms with Crippen LogP contribution in [0.1, 0.15) is 12.0 Å². The molecule has 1 N–H and O–H groups in total. The number of amides is 2. The Kier molecular flexibility index (Phi) is 5.30. The van der Waals surface area contributed by atoms with Crippen molar-refractivity contribution in [2.75, 3.05) is 18.4 Å². The van der Waals surface area contributed by atoms with Gasteiger partial charge < -0.3 is 10.2 Å². The zero-order valence-corrected chi connectivity index (χ0v) is 14.8. The standard InChI is InChI=1S/C19H19BrN2O2/c20-16-8-4-5-9-17(16)21-19(24)15-12-18(23)22(13-15)11-10-14-6-2-1-3-7-14/h1-9,15H,10-13H2,(H,21,24)/t15-/m1/s1. The van der Waals surface area contributed by atoms with E-state index < -0.39 is 0 Å². The highest BCUT2D eigenvalue weighted by atomic mass is 79.9. The van der Waals surface area contributed by atoms with Crippen LogP contribution in [-0.2, 0) is 16.0 Å². The topological polar surface area (TPSA) is 49.4 Å². The Labute approximate surface area is 150 Å². The lowest BCUT2D eigenvalue weighted by Gasteiger charge is -2.16. The molecule has 1 heterocycles. The van der Waals surface area contributed by atoms with Gasteiger partial charge in [0.05, 0.1) is 11.6 Å². The summed E-state index contributed by atoms with van der Waals surface area (Å²) in [6, 6.07) is 17.6. The van der Waals surface area contributed by atoms with Gasteiger partial charge in [-0.3, -0.25) is 9.59 Å². The lowest BCUT2D eigenvalue weighted by Crippen LogP contribution is -2.30. The second-order valence-corrected chi connectivity index (χ2v) is 6.80. The van der Waals surface area contributed by atoms with Crippen molar-refractivity contribution in [1.82, 2.24) is 4.90 Å². The molecule has 0 aliphatic carbocycles. The summed E-state index contributed by atoms with van der Waals surface area (Å²) in [5.41, 5.74) is 1.93. The van der Waals surface area contributed by atoms with E-state index in [0.717, 1.165) is 16.6 Å². The van der Waals surface area contributed by atoms with E-state index in [4.69, 9.17) is 0 Å². The minimum Gasteiger partial charge on any atom is -0.342 e. The number of nitrogens with one attached hydrogen (secondary N) is 1. The van der Waals surface area contributed by atoms with E-state index in [1.54, 1.807) is 4.90 Å². The molecule has 4 nitrogen and oxygen atoms in total. The first kappa shape index (κ1) is 16.7. The van der Waals surface area contributed by atoms with E-state index in [2.05, 4.69) is 33.4 Å². The number of hydrogen-bond donors (Lipinski definition) is 1. The normalized spacial score (nSPS) is 17.1. The summed E-state index contributed by atoms with van der Waals surface area (Å²) in [5, 5.41) is 2.90. The third-order valence-corrected chi connectivity index (χ3v) is 4.92. The largest absolute Gasteiger partial charge is 0.342 e. The number of nitrogens with zero attached hydrogens (tertiary/aromatic N) is 1. The molecular weight excluding hydrogens is 368 g/mol. The molecule has 1 atom stereocenters. The first-order valence-electron chi connectivity index (χ1n) is 8.00. The van der Waals surface area contributed by atoms with Gasteiger partial charge in [0, 0.05) is 24.0 Å². The molecule has 2 aromatic rings. The van der Waals surface area contributed by atoms with Crippen molar-refractivity contribution < 1.29 is 9.59 Å². The van der Waals surface area contributed by atoms with E-state index in [-0.39, 0.29) is 24.2 Å². The number of carbonyl (C=O) groups excluding carboxylic acids is 2. The van der Waals surface area contributed by atoms with Gasteiger partial charge in [0.1, 0.15) is 0 Å². The second-order valence-electron chi connectivity index (χ2n) is 5.95. The monoisotopic (exact) mass is 386 g/mol. The smallest absolute Gasteiger partial charge is 0.229 e. The quantitative estimate of drug-likeness (QED) is 0.854. The molecule has 1 fully saturated rings. The van der Waals surface area contributed by atoms with Crippen LogP contribution >= 0.6 is 15.9 Å². The highest BCUT2D eigenvalue weighted by Gasteiger charge is 2.34. The number of anilines is 1. The number of likely N-dealkylation sites (tertiary alicyclic amines) is 1. The maximum Gasteiger partial charge on any atom is 0.229 e. The molecule has 124 valence electrons. The van der Waals surface area contributed by atoms with Crippen molar-refractivity contribution in [3.05, 3.63) is 64.6 Å². The third kappa shape index (κ3) is 4.03. The minimum atomic E-state index is -0.291. The summed E-state index contributed by atoms with van der Waals surface area (Å²) in [7, 11) is 0. The fourth-order valence-electron chi connectivity index (χ4n) is 2.87. The molecule has 0 radical (unpaired) electrons. The van der Waals surface area contributed by atoms with Gasteiger partial charge in [-0.2, -0.15) is 0 Å². The number of benzene rings is 2. The second kappa shape index (κ2) is 7.62. The number of para-hydroxylation sites is 1. The lowest BCUT2D eigenvalue weighted by atomic mass is 10.1. The van der Waals surface area contributed by atoms with Crippen molar-refractivity contribution in [2.24, 2.45) is 5.92 Å².